The van der Waals surface area contributed by atoms with Gasteiger partial charge >= 0.3 is 17.6 Å². The van der Waals surface area contributed by atoms with Gasteiger partial charge in [0.25, 0.3) is 0 Å². The Hall–Kier alpha value is -2.90. The number of nitrogens with zero attached hydrogens (tertiary/aromatic N) is 2. The third-order valence-corrected chi connectivity index (χ3v) is 4.80. The van der Waals surface area contributed by atoms with Crippen LogP contribution in [0.1, 0.15) is 48.3 Å². The molecule has 1 heterocycles. The summed E-state index contributed by atoms with van der Waals surface area (Å²) in [4.78, 5) is 28.8. The van der Waals surface area contributed by atoms with Crippen molar-refractivity contribution in [1.29, 1.82) is 0 Å². The van der Waals surface area contributed by atoms with Crippen LogP contribution in [0.15, 0.2) is 18.2 Å². The van der Waals surface area contributed by atoms with E-state index in [1.54, 1.807) is 12.1 Å². The quantitative estimate of drug-likeness (QED) is 0.449. The topological polar surface area (TPSA) is 102 Å². The van der Waals surface area contributed by atoms with Crippen LogP contribution in [0.3, 0.4) is 0 Å². The number of carbonyl (C=O) groups excluding carboxylic acids is 2. The van der Waals surface area contributed by atoms with Gasteiger partial charge < -0.3 is 19.4 Å². The molecule has 144 valence electrons. The van der Waals surface area contributed by atoms with Crippen molar-refractivity contribution in [3.05, 3.63) is 34.8 Å². The largest absolute Gasteiger partial charge is 0.618 e. The molecule has 1 fully saturated rings. The van der Waals surface area contributed by atoms with E-state index in [1.807, 2.05) is 0 Å². The van der Waals surface area contributed by atoms with Crippen molar-refractivity contribution in [2.24, 2.45) is 5.92 Å². The molecule has 8 heteroatoms. The SMILES string of the molecule is COC(=O)c1c(COC(=O)C2CCCCC2)nc2ccc(OC)cc2[n+]1[O-]. The predicted octanol–water partition coefficient (Wildman–Crippen LogP) is 2.29. The first-order valence-electron chi connectivity index (χ1n) is 8.90. The van der Waals surface area contributed by atoms with Crippen molar-refractivity contribution >= 4 is 23.0 Å². The molecule has 2 aromatic rings. The minimum Gasteiger partial charge on any atom is -0.618 e. The molecule has 0 spiro atoms. The maximum atomic E-state index is 12.7. The Labute approximate surface area is 156 Å². The Morgan fingerprint density at radius 3 is 2.63 bits per heavy atom. The molecule has 0 aliphatic heterocycles. The molecule has 0 saturated heterocycles. The number of benzene rings is 1. The first-order valence-corrected chi connectivity index (χ1v) is 8.90. The van der Waals surface area contributed by atoms with Crippen LogP contribution in [-0.2, 0) is 20.9 Å². The third kappa shape index (κ3) is 3.94. The molecule has 27 heavy (non-hydrogen) atoms. The van der Waals surface area contributed by atoms with Crippen molar-refractivity contribution < 1.29 is 28.5 Å². The Kier molecular flexibility index (Phi) is 5.73. The first kappa shape index (κ1) is 18.9. The number of carbonyl (C=O) groups is 2. The van der Waals surface area contributed by atoms with E-state index in [9.17, 15) is 14.8 Å². The molecule has 0 N–H and O–H groups in total. The van der Waals surface area contributed by atoms with Crippen LogP contribution >= 0.6 is 0 Å². The maximum Gasteiger partial charge on any atom is 0.406 e. The highest BCUT2D eigenvalue weighted by molar-refractivity contribution is 5.88. The van der Waals surface area contributed by atoms with Gasteiger partial charge in [0.15, 0.2) is 5.69 Å². The van der Waals surface area contributed by atoms with E-state index in [0.717, 1.165) is 32.1 Å². The second-order valence-corrected chi connectivity index (χ2v) is 6.49. The summed E-state index contributed by atoms with van der Waals surface area (Å²) in [5, 5.41) is 12.7. The van der Waals surface area contributed by atoms with E-state index >= 15 is 0 Å². The summed E-state index contributed by atoms with van der Waals surface area (Å²) >= 11 is 0. The summed E-state index contributed by atoms with van der Waals surface area (Å²) in [6.45, 7) is -0.260. The number of hydrogen-bond donors (Lipinski definition) is 0. The van der Waals surface area contributed by atoms with Gasteiger partial charge in [-0.3, -0.25) is 4.79 Å². The van der Waals surface area contributed by atoms with Crippen LogP contribution in [0.25, 0.3) is 11.0 Å². The zero-order valence-corrected chi connectivity index (χ0v) is 15.4. The highest BCUT2D eigenvalue weighted by Crippen LogP contribution is 2.25. The number of ether oxygens (including phenoxy) is 3. The molecule has 1 aliphatic rings. The minimum atomic E-state index is -0.842. The van der Waals surface area contributed by atoms with Crippen LogP contribution in [0.5, 0.6) is 5.75 Å². The Morgan fingerprint density at radius 2 is 1.96 bits per heavy atom. The van der Waals surface area contributed by atoms with E-state index in [-0.39, 0.29) is 35.4 Å². The average molecular weight is 374 g/mol. The monoisotopic (exact) mass is 374 g/mol. The van der Waals surface area contributed by atoms with Gasteiger partial charge in [0.1, 0.15) is 17.9 Å². The number of aromatic nitrogens is 2. The van der Waals surface area contributed by atoms with Gasteiger partial charge in [-0.25, -0.2) is 9.78 Å². The summed E-state index contributed by atoms with van der Waals surface area (Å²) in [7, 11) is 2.65. The second kappa shape index (κ2) is 8.20. The molecule has 0 amide bonds. The molecule has 1 aromatic carbocycles. The molecule has 1 aromatic heterocycles. The number of fused-ring (bicyclic) bond motifs is 1. The Bertz CT molecular complexity index is 861. The lowest BCUT2D eigenvalue weighted by atomic mass is 9.89. The van der Waals surface area contributed by atoms with E-state index in [0.29, 0.717) is 16.0 Å². The molecule has 3 rings (SSSR count). The van der Waals surface area contributed by atoms with E-state index in [1.165, 1.54) is 20.3 Å². The van der Waals surface area contributed by atoms with Gasteiger partial charge in [0.2, 0.25) is 5.52 Å². The number of esters is 2. The minimum absolute atomic E-state index is 0.0682. The van der Waals surface area contributed by atoms with Crippen LogP contribution in [-0.4, -0.2) is 31.1 Å². The van der Waals surface area contributed by atoms with Crippen molar-refractivity contribution in [2.45, 2.75) is 38.7 Å². The molecule has 0 unspecified atom stereocenters. The lowest BCUT2D eigenvalue weighted by Crippen LogP contribution is -2.38. The summed E-state index contributed by atoms with van der Waals surface area (Å²) in [6.07, 6.45) is 4.74. The molecule has 1 aliphatic carbocycles. The van der Waals surface area contributed by atoms with Gasteiger partial charge in [0, 0.05) is 0 Å². The molecule has 0 bridgehead atoms. The molecule has 0 radical (unpaired) electrons. The Morgan fingerprint density at radius 1 is 1.22 bits per heavy atom. The van der Waals surface area contributed by atoms with Gasteiger partial charge in [0.05, 0.1) is 26.2 Å². The molecule has 0 atom stereocenters. The summed E-state index contributed by atoms with van der Waals surface area (Å²) < 4.78 is 15.6. The van der Waals surface area contributed by atoms with Crippen LogP contribution in [0.4, 0.5) is 0 Å². The average Bonchev–Trinajstić information content (AvgIpc) is 2.72. The van der Waals surface area contributed by atoms with Crippen LogP contribution in [0.2, 0.25) is 0 Å². The molecular weight excluding hydrogens is 352 g/mol. The maximum absolute atomic E-state index is 12.7. The smallest absolute Gasteiger partial charge is 0.406 e. The normalized spacial score (nSPS) is 14.7. The summed E-state index contributed by atoms with van der Waals surface area (Å²) in [6, 6.07) is 4.75. The van der Waals surface area contributed by atoms with E-state index in [2.05, 4.69) is 4.98 Å². The van der Waals surface area contributed by atoms with E-state index < -0.39 is 5.97 Å². The lowest BCUT2D eigenvalue weighted by Gasteiger charge is -2.20. The summed E-state index contributed by atoms with van der Waals surface area (Å²) in [5.41, 5.74) is 0.299. The fraction of sp³-hybridized carbons (Fsp3) is 0.474. The number of methoxy groups -OCH3 is 2. The van der Waals surface area contributed by atoms with Crippen molar-refractivity contribution in [1.82, 2.24) is 4.98 Å². The fourth-order valence-electron chi connectivity index (χ4n) is 3.32. The zero-order chi connectivity index (χ0) is 19.4. The first-order chi connectivity index (χ1) is 13.0. The fourth-order valence-corrected chi connectivity index (χ4v) is 3.32. The van der Waals surface area contributed by atoms with Gasteiger partial charge in [-0.05, 0) is 25.0 Å². The predicted molar refractivity (Wildman–Crippen MR) is 95.0 cm³/mol. The zero-order valence-electron chi connectivity index (χ0n) is 15.4. The van der Waals surface area contributed by atoms with Crippen molar-refractivity contribution in [3.63, 3.8) is 0 Å². The highest BCUT2D eigenvalue weighted by Gasteiger charge is 2.29. The Balaban J connectivity index is 1.92. The van der Waals surface area contributed by atoms with Gasteiger partial charge in [-0.15, -0.1) is 0 Å². The van der Waals surface area contributed by atoms with E-state index in [4.69, 9.17) is 14.2 Å². The second-order valence-electron chi connectivity index (χ2n) is 6.49. The molecule has 8 nitrogen and oxygen atoms in total. The van der Waals surface area contributed by atoms with Crippen LogP contribution in [0, 0.1) is 11.1 Å². The van der Waals surface area contributed by atoms with Crippen molar-refractivity contribution in [2.75, 3.05) is 14.2 Å². The highest BCUT2D eigenvalue weighted by atomic mass is 16.5. The lowest BCUT2D eigenvalue weighted by molar-refractivity contribution is -0.581. The number of hydrogen-bond acceptors (Lipinski definition) is 7. The molecule has 1 saturated carbocycles. The molecular formula is C19H22N2O6. The van der Waals surface area contributed by atoms with Gasteiger partial charge in [-0.1, -0.05) is 19.3 Å². The summed E-state index contributed by atoms with van der Waals surface area (Å²) in [5.74, 6) is -0.837. The third-order valence-electron chi connectivity index (χ3n) is 4.80. The number of rotatable bonds is 5. The standard InChI is InChI=1S/C19H22N2O6/c1-25-13-8-9-14-16(10-13)21(24)17(19(23)26-2)15(20-14)11-27-18(22)12-6-4-3-5-7-12/h8-10,12H,3-7,11H2,1-2H3. The van der Waals surface area contributed by atoms with Crippen molar-refractivity contribution in [3.8, 4) is 5.75 Å². The van der Waals surface area contributed by atoms with Crippen LogP contribution < -0.4 is 9.47 Å². The van der Waals surface area contributed by atoms with Gasteiger partial charge in [-0.2, -0.15) is 4.73 Å².